The molecule has 0 spiro atoms. The molecule has 8 heteroatoms. The van der Waals surface area contributed by atoms with Gasteiger partial charge < -0.3 is 24.1 Å². The number of anilines is 2. The first-order valence-electron chi connectivity index (χ1n) is 9.60. The molecule has 2 heterocycles. The van der Waals surface area contributed by atoms with Crippen molar-refractivity contribution in [3.05, 3.63) is 60.5 Å². The molecule has 1 aromatic heterocycles. The zero-order valence-electron chi connectivity index (χ0n) is 16.2. The average Bonchev–Trinajstić information content (AvgIpc) is 3.20. The lowest BCUT2D eigenvalue weighted by molar-refractivity contribution is -0.142. The summed E-state index contributed by atoms with van der Waals surface area (Å²) in [4.78, 5) is 30.3. The minimum absolute atomic E-state index is 0.290. The number of aromatic nitrogens is 1. The molecule has 3 aromatic rings. The molecule has 0 radical (unpaired) electrons. The summed E-state index contributed by atoms with van der Waals surface area (Å²) in [6.45, 7) is 2.73. The number of hydrogen-bond acceptors (Lipinski definition) is 7. The van der Waals surface area contributed by atoms with E-state index in [9.17, 15) is 9.59 Å². The first kappa shape index (κ1) is 19.7. The number of carbonyl (C=O) groups is 2. The minimum Gasteiger partial charge on any atom is -0.452 e. The number of hydrogen-bond donors (Lipinski definition) is 1. The predicted octanol–water partition coefficient (Wildman–Crippen LogP) is 2.86. The molecule has 154 valence electrons. The fraction of sp³-hybridized carbons (Fsp3) is 0.227. The van der Waals surface area contributed by atoms with E-state index < -0.39 is 11.9 Å². The van der Waals surface area contributed by atoms with Gasteiger partial charge in [0.25, 0.3) is 5.91 Å². The molecule has 0 bridgehead atoms. The van der Waals surface area contributed by atoms with Crippen LogP contribution in [-0.2, 0) is 19.1 Å². The molecule has 8 nitrogen and oxygen atoms in total. The smallest absolute Gasteiger partial charge is 0.331 e. The van der Waals surface area contributed by atoms with Gasteiger partial charge in [-0.3, -0.25) is 4.79 Å². The van der Waals surface area contributed by atoms with Gasteiger partial charge in [0, 0.05) is 36.6 Å². The Balaban J connectivity index is 1.24. The molecule has 1 saturated heterocycles. The highest BCUT2D eigenvalue weighted by Gasteiger charge is 2.11. The second-order valence-corrected chi connectivity index (χ2v) is 6.66. The van der Waals surface area contributed by atoms with Crippen molar-refractivity contribution in [1.29, 1.82) is 0 Å². The van der Waals surface area contributed by atoms with Crippen molar-refractivity contribution in [3.8, 4) is 0 Å². The molecular formula is C22H21N3O5. The van der Waals surface area contributed by atoms with E-state index >= 15 is 0 Å². The van der Waals surface area contributed by atoms with Crippen LogP contribution < -0.4 is 10.2 Å². The van der Waals surface area contributed by atoms with E-state index in [0.29, 0.717) is 30.0 Å². The van der Waals surface area contributed by atoms with Gasteiger partial charge in [-0.25, -0.2) is 9.78 Å². The van der Waals surface area contributed by atoms with Crippen LogP contribution in [0.1, 0.15) is 5.89 Å². The summed E-state index contributed by atoms with van der Waals surface area (Å²) in [5, 5.41) is 2.70. The van der Waals surface area contributed by atoms with Crippen molar-refractivity contribution >= 4 is 40.4 Å². The lowest BCUT2D eigenvalue weighted by Crippen LogP contribution is -2.36. The van der Waals surface area contributed by atoms with E-state index in [1.807, 2.05) is 42.5 Å². The maximum absolute atomic E-state index is 12.0. The number of rotatable bonds is 6. The van der Waals surface area contributed by atoms with Gasteiger partial charge in [-0.05, 0) is 36.4 Å². The lowest BCUT2D eigenvalue weighted by atomic mass is 10.2. The summed E-state index contributed by atoms with van der Waals surface area (Å²) in [5.41, 5.74) is 3.04. The maximum Gasteiger partial charge on any atom is 0.331 e. The van der Waals surface area contributed by atoms with Gasteiger partial charge in [-0.1, -0.05) is 12.1 Å². The van der Waals surface area contributed by atoms with Crippen molar-refractivity contribution < 1.29 is 23.5 Å². The number of nitrogens with one attached hydrogen (secondary N) is 1. The number of benzene rings is 2. The number of para-hydroxylation sites is 2. The number of oxazole rings is 1. The second kappa shape index (κ2) is 9.23. The summed E-state index contributed by atoms with van der Waals surface area (Å²) >= 11 is 0. The Hall–Kier alpha value is -3.65. The average molecular weight is 407 g/mol. The van der Waals surface area contributed by atoms with E-state index in [-0.39, 0.29) is 12.5 Å². The van der Waals surface area contributed by atoms with Gasteiger partial charge in [-0.15, -0.1) is 0 Å². The molecule has 1 aliphatic heterocycles. The third-order valence-corrected chi connectivity index (χ3v) is 4.55. The van der Waals surface area contributed by atoms with Crippen LogP contribution in [0.2, 0.25) is 0 Å². The van der Waals surface area contributed by atoms with Crippen LogP contribution in [0, 0.1) is 0 Å². The number of ether oxygens (including phenoxy) is 2. The number of nitrogens with zero attached hydrogens (tertiary/aromatic N) is 2. The molecule has 2 aromatic carbocycles. The summed E-state index contributed by atoms with van der Waals surface area (Å²) in [7, 11) is 0. The quantitative estimate of drug-likeness (QED) is 0.496. The van der Waals surface area contributed by atoms with Gasteiger partial charge in [0.1, 0.15) is 5.52 Å². The summed E-state index contributed by atoms with van der Waals surface area (Å²) in [5.74, 6) is -0.786. The summed E-state index contributed by atoms with van der Waals surface area (Å²) in [6, 6.07) is 14.8. The molecule has 4 rings (SSSR count). The Kier molecular flexibility index (Phi) is 6.05. The Morgan fingerprint density at radius 2 is 1.87 bits per heavy atom. The Labute approximate surface area is 173 Å². The molecule has 0 aliphatic carbocycles. The molecule has 1 amide bonds. The third kappa shape index (κ3) is 5.03. The monoisotopic (exact) mass is 407 g/mol. The SMILES string of the molecule is O=C(COC(=O)/C=C/c1nc2ccccc2o1)Nc1ccc(N2CCOCC2)cc1. The predicted molar refractivity (Wildman–Crippen MR) is 112 cm³/mol. The first-order chi connectivity index (χ1) is 14.7. The van der Waals surface area contributed by atoms with E-state index in [0.717, 1.165) is 18.8 Å². The van der Waals surface area contributed by atoms with Crippen molar-refractivity contribution in [2.45, 2.75) is 0 Å². The van der Waals surface area contributed by atoms with Crippen LogP contribution in [0.15, 0.2) is 59.0 Å². The molecular weight excluding hydrogens is 386 g/mol. The van der Waals surface area contributed by atoms with Crippen LogP contribution in [0.3, 0.4) is 0 Å². The largest absolute Gasteiger partial charge is 0.452 e. The van der Waals surface area contributed by atoms with Gasteiger partial charge in [0.15, 0.2) is 12.2 Å². The van der Waals surface area contributed by atoms with Crippen LogP contribution in [0.25, 0.3) is 17.2 Å². The number of carbonyl (C=O) groups excluding carboxylic acids is 2. The number of esters is 1. The number of morpholine rings is 1. The number of amides is 1. The van der Waals surface area contributed by atoms with E-state index in [4.69, 9.17) is 13.9 Å². The molecule has 1 fully saturated rings. The summed E-state index contributed by atoms with van der Waals surface area (Å²) < 4.78 is 15.8. The molecule has 0 unspecified atom stereocenters. The molecule has 0 saturated carbocycles. The normalized spacial score (nSPS) is 14.2. The molecule has 1 aliphatic rings. The fourth-order valence-electron chi connectivity index (χ4n) is 3.06. The van der Waals surface area contributed by atoms with Crippen LogP contribution in [0.4, 0.5) is 11.4 Å². The van der Waals surface area contributed by atoms with E-state index in [1.54, 1.807) is 6.07 Å². The van der Waals surface area contributed by atoms with Crippen molar-refractivity contribution in [3.63, 3.8) is 0 Å². The Morgan fingerprint density at radius 1 is 1.10 bits per heavy atom. The van der Waals surface area contributed by atoms with Gasteiger partial charge in [0.05, 0.1) is 13.2 Å². The van der Waals surface area contributed by atoms with Gasteiger partial charge in [0.2, 0.25) is 5.89 Å². The Morgan fingerprint density at radius 3 is 2.63 bits per heavy atom. The minimum atomic E-state index is -0.657. The highest BCUT2D eigenvalue weighted by Crippen LogP contribution is 2.19. The van der Waals surface area contributed by atoms with Crippen molar-refractivity contribution in [2.24, 2.45) is 0 Å². The Bertz CT molecular complexity index is 1020. The van der Waals surface area contributed by atoms with Crippen LogP contribution in [-0.4, -0.2) is 49.8 Å². The molecule has 30 heavy (non-hydrogen) atoms. The highest BCUT2D eigenvalue weighted by atomic mass is 16.5. The van der Waals surface area contributed by atoms with Crippen LogP contribution in [0.5, 0.6) is 0 Å². The van der Waals surface area contributed by atoms with Gasteiger partial charge >= 0.3 is 5.97 Å². The lowest BCUT2D eigenvalue weighted by Gasteiger charge is -2.28. The molecule has 0 atom stereocenters. The summed E-state index contributed by atoms with van der Waals surface area (Å²) in [6.07, 6.45) is 2.58. The topological polar surface area (TPSA) is 93.9 Å². The zero-order valence-corrected chi connectivity index (χ0v) is 16.2. The van der Waals surface area contributed by atoms with Crippen molar-refractivity contribution in [1.82, 2.24) is 4.98 Å². The molecule has 1 N–H and O–H groups in total. The van der Waals surface area contributed by atoms with E-state index in [1.165, 1.54) is 12.2 Å². The number of fused-ring (bicyclic) bond motifs is 1. The van der Waals surface area contributed by atoms with Gasteiger partial charge in [-0.2, -0.15) is 0 Å². The standard InChI is InChI=1S/C22H21N3O5/c26-20(23-16-5-7-17(8-6-16)25-11-13-28-14-12-25)15-29-22(27)10-9-21-24-18-3-1-2-4-19(18)30-21/h1-10H,11-15H2,(H,23,26)/b10-9+. The third-order valence-electron chi connectivity index (χ3n) is 4.55. The second-order valence-electron chi connectivity index (χ2n) is 6.66. The van der Waals surface area contributed by atoms with E-state index in [2.05, 4.69) is 15.2 Å². The van der Waals surface area contributed by atoms with Crippen LogP contribution >= 0.6 is 0 Å². The maximum atomic E-state index is 12.0. The first-order valence-corrected chi connectivity index (χ1v) is 9.60. The van der Waals surface area contributed by atoms with Crippen molar-refractivity contribution in [2.75, 3.05) is 43.1 Å². The zero-order chi connectivity index (χ0) is 20.8. The fourth-order valence-corrected chi connectivity index (χ4v) is 3.06. The highest BCUT2D eigenvalue weighted by molar-refractivity contribution is 5.94.